The van der Waals surface area contributed by atoms with Gasteiger partial charge in [0.2, 0.25) is 5.91 Å². The molecular formula is C19H21N3O. The second kappa shape index (κ2) is 5.95. The Kier molecular flexibility index (Phi) is 3.66. The predicted octanol–water partition coefficient (Wildman–Crippen LogP) is 2.37. The molecule has 2 heterocycles. The number of nitrogens with one attached hydrogen (secondary N) is 1. The first-order valence-corrected chi connectivity index (χ1v) is 8.24. The van der Waals surface area contributed by atoms with Crippen LogP contribution < -0.4 is 10.2 Å². The van der Waals surface area contributed by atoms with Gasteiger partial charge in [-0.3, -0.25) is 4.79 Å². The third kappa shape index (κ3) is 2.77. The van der Waals surface area contributed by atoms with Gasteiger partial charge in [0.15, 0.2) is 0 Å². The number of rotatable bonds is 2. The summed E-state index contributed by atoms with van der Waals surface area (Å²) in [5.74, 6) is 0.230. The van der Waals surface area contributed by atoms with Crippen LogP contribution in [0.3, 0.4) is 0 Å². The first-order chi connectivity index (χ1) is 11.3. The van der Waals surface area contributed by atoms with Crippen molar-refractivity contribution in [3.05, 3.63) is 60.2 Å². The Morgan fingerprint density at radius 1 is 0.913 bits per heavy atom. The maximum Gasteiger partial charge on any atom is 0.245 e. The minimum atomic E-state index is -0.101. The van der Waals surface area contributed by atoms with Crippen molar-refractivity contribution < 1.29 is 4.79 Å². The fraction of sp³-hybridized carbons (Fsp3) is 0.316. The third-order valence-electron chi connectivity index (χ3n) is 4.78. The Hall–Kier alpha value is -2.49. The van der Waals surface area contributed by atoms with Crippen LogP contribution >= 0.6 is 0 Å². The van der Waals surface area contributed by atoms with Crippen molar-refractivity contribution in [2.24, 2.45) is 0 Å². The lowest BCUT2D eigenvalue weighted by Gasteiger charge is -2.37. The number of benzene rings is 2. The fourth-order valence-corrected chi connectivity index (χ4v) is 3.49. The van der Waals surface area contributed by atoms with Crippen molar-refractivity contribution >= 4 is 17.3 Å². The molecule has 0 saturated carbocycles. The molecule has 1 amide bonds. The highest BCUT2D eigenvalue weighted by atomic mass is 16.2. The minimum Gasteiger partial charge on any atom is -0.373 e. The van der Waals surface area contributed by atoms with Gasteiger partial charge in [0.05, 0.1) is 0 Å². The second-order valence-corrected chi connectivity index (χ2v) is 6.21. The molecule has 0 bridgehead atoms. The lowest BCUT2D eigenvalue weighted by molar-refractivity contribution is -0.132. The van der Waals surface area contributed by atoms with Gasteiger partial charge in [-0.25, -0.2) is 0 Å². The molecule has 1 fully saturated rings. The van der Waals surface area contributed by atoms with E-state index in [0.717, 1.165) is 38.3 Å². The Morgan fingerprint density at radius 3 is 2.35 bits per heavy atom. The van der Waals surface area contributed by atoms with Crippen molar-refractivity contribution in [3.63, 3.8) is 0 Å². The molecule has 1 atom stereocenters. The summed E-state index contributed by atoms with van der Waals surface area (Å²) in [5.41, 5.74) is 3.59. The standard InChI is InChI=1S/C19H21N3O/c23-19(18-14-15-6-4-5-9-17(15)20-18)22-12-10-21(11-13-22)16-7-2-1-3-8-16/h1-9,18,20H,10-14H2. The summed E-state index contributed by atoms with van der Waals surface area (Å²) in [5, 5.41) is 3.37. The average molecular weight is 307 g/mol. The van der Waals surface area contributed by atoms with Crippen molar-refractivity contribution in [2.45, 2.75) is 12.5 Å². The predicted molar refractivity (Wildman–Crippen MR) is 92.8 cm³/mol. The van der Waals surface area contributed by atoms with Crippen molar-refractivity contribution in [3.8, 4) is 0 Å². The molecule has 2 aromatic carbocycles. The van der Waals surface area contributed by atoms with Gasteiger partial charge in [-0.1, -0.05) is 36.4 Å². The number of para-hydroxylation sites is 2. The van der Waals surface area contributed by atoms with E-state index in [9.17, 15) is 4.79 Å². The summed E-state index contributed by atoms with van der Waals surface area (Å²) in [6.07, 6.45) is 0.800. The number of carbonyl (C=O) groups is 1. The SMILES string of the molecule is O=C(C1Cc2ccccc2N1)N1CCN(c2ccccc2)CC1. The van der Waals surface area contributed by atoms with E-state index in [1.54, 1.807) is 0 Å². The molecule has 2 aromatic rings. The molecule has 0 radical (unpaired) electrons. The number of hydrogen-bond acceptors (Lipinski definition) is 3. The zero-order valence-corrected chi connectivity index (χ0v) is 13.1. The number of nitrogens with zero attached hydrogens (tertiary/aromatic N) is 2. The van der Waals surface area contributed by atoms with E-state index in [2.05, 4.69) is 46.6 Å². The monoisotopic (exact) mass is 307 g/mol. The van der Waals surface area contributed by atoms with E-state index in [1.165, 1.54) is 11.3 Å². The van der Waals surface area contributed by atoms with E-state index >= 15 is 0 Å². The molecule has 4 rings (SSSR count). The van der Waals surface area contributed by atoms with Gasteiger partial charge in [-0.2, -0.15) is 0 Å². The number of piperazine rings is 1. The lowest BCUT2D eigenvalue weighted by Crippen LogP contribution is -2.52. The van der Waals surface area contributed by atoms with Crippen LogP contribution in [0.5, 0.6) is 0 Å². The van der Waals surface area contributed by atoms with Gasteiger partial charge in [0.25, 0.3) is 0 Å². The van der Waals surface area contributed by atoms with Crippen LogP contribution in [0.15, 0.2) is 54.6 Å². The largest absolute Gasteiger partial charge is 0.373 e. The van der Waals surface area contributed by atoms with Crippen LogP contribution in [0.1, 0.15) is 5.56 Å². The summed E-state index contributed by atoms with van der Waals surface area (Å²) in [6.45, 7) is 3.38. The van der Waals surface area contributed by atoms with E-state index in [0.29, 0.717) is 0 Å². The smallest absolute Gasteiger partial charge is 0.245 e. The highest BCUT2D eigenvalue weighted by molar-refractivity contribution is 5.87. The number of hydrogen-bond donors (Lipinski definition) is 1. The third-order valence-corrected chi connectivity index (χ3v) is 4.78. The van der Waals surface area contributed by atoms with Gasteiger partial charge in [0.1, 0.15) is 6.04 Å². The number of fused-ring (bicyclic) bond motifs is 1. The van der Waals surface area contributed by atoms with Crippen molar-refractivity contribution in [1.82, 2.24) is 4.90 Å². The molecule has 1 N–H and O–H groups in total. The Morgan fingerprint density at radius 2 is 1.61 bits per heavy atom. The summed E-state index contributed by atoms with van der Waals surface area (Å²) < 4.78 is 0. The molecular weight excluding hydrogens is 286 g/mol. The number of anilines is 2. The zero-order chi connectivity index (χ0) is 15.6. The molecule has 0 aliphatic carbocycles. The number of carbonyl (C=O) groups excluding carboxylic acids is 1. The summed E-state index contributed by atoms with van der Waals surface area (Å²) in [4.78, 5) is 17.1. The molecule has 0 spiro atoms. The molecule has 23 heavy (non-hydrogen) atoms. The normalized spacial score (nSPS) is 20.1. The topological polar surface area (TPSA) is 35.6 Å². The molecule has 118 valence electrons. The molecule has 4 nitrogen and oxygen atoms in total. The molecule has 4 heteroatoms. The zero-order valence-electron chi connectivity index (χ0n) is 13.1. The lowest BCUT2D eigenvalue weighted by atomic mass is 10.1. The van der Waals surface area contributed by atoms with E-state index in [4.69, 9.17) is 0 Å². The maximum atomic E-state index is 12.8. The maximum absolute atomic E-state index is 12.8. The Bertz CT molecular complexity index is 668. The van der Waals surface area contributed by atoms with Crippen molar-refractivity contribution in [2.75, 3.05) is 36.4 Å². The van der Waals surface area contributed by atoms with Gasteiger partial charge < -0.3 is 15.1 Å². The Balaban J connectivity index is 1.37. The minimum absolute atomic E-state index is 0.101. The first-order valence-electron chi connectivity index (χ1n) is 8.24. The highest BCUT2D eigenvalue weighted by Crippen LogP contribution is 2.26. The van der Waals surface area contributed by atoms with Crippen LogP contribution in [-0.2, 0) is 11.2 Å². The molecule has 0 aromatic heterocycles. The van der Waals surface area contributed by atoms with Crippen LogP contribution in [0.25, 0.3) is 0 Å². The fourth-order valence-electron chi connectivity index (χ4n) is 3.49. The number of amides is 1. The second-order valence-electron chi connectivity index (χ2n) is 6.21. The molecule has 1 saturated heterocycles. The van der Waals surface area contributed by atoms with Gasteiger partial charge in [-0.15, -0.1) is 0 Å². The molecule has 1 unspecified atom stereocenters. The molecule has 2 aliphatic heterocycles. The summed E-state index contributed by atoms with van der Waals surface area (Å²) in [6, 6.07) is 18.5. The van der Waals surface area contributed by atoms with Gasteiger partial charge >= 0.3 is 0 Å². The van der Waals surface area contributed by atoms with Crippen LogP contribution in [0.2, 0.25) is 0 Å². The van der Waals surface area contributed by atoms with Crippen LogP contribution in [0, 0.1) is 0 Å². The van der Waals surface area contributed by atoms with E-state index in [1.807, 2.05) is 23.1 Å². The van der Waals surface area contributed by atoms with Crippen molar-refractivity contribution in [1.29, 1.82) is 0 Å². The molecule has 2 aliphatic rings. The van der Waals surface area contributed by atoms with Gasteiger partial charge in [0, 0.05) is 44.0 Å². The highest BCUT2D eigenvalue weighted by Gasteiger charge is 2.31. The van der Waals surface area contributed by atoms with E-state index < -0.39 is 0 Å². The Labute approximate surface area is 136 Å². The summed E-state index contributed by atoms with van der Waals surface area (Å²) in [7, 11) is 0. The summed E-state index contributed by atoms with van der Waals surface area (Å²) >= 11 is 0. The quantitative estimate of drug-likeness (QED) is 0.925. The van der Waals surface area contributed by atoms with Crippen LogP contribution in [0.4, 0.5) is 11.4 Å². The van der Waals surface area contributed by atoms with Crippen LogP contribution in [-0.4, -0.2) is 43.0 Å². The van der Waals surface area contributed by atoms with Gasteiger partial charge in [-0.05, 0) is 23.8 Å². The van der Waals surface area contributed by atoms with E-state index in [-0.39, 0.29) is 11.9 Å². The average Bonchev–Trinajstić information content (AvgIpc) is 3.06. The first kappa shape index (κ1) is 14.1.